The predicted molar refractivity (Wildman–Crippen MR) is 76.4 cm³/mol. The first-order valence-corrected chi connectivity index (χ1v) is 7.72. The van der Waals surface area contributed by atoms with E-state index in [4.69, 9.17) is 0 Å². The Morgan fingerprint density at radius 3 is 2.75 bits per heavy atom. The van der Waals surface area contributed by atoms with E-state index in [0.29, 0.717) is 25.4 Å². The van der Waals surface area contributed by atoms with E-state index in [1.54, 1.807) is 4.90 Å². The summed E-state index contributed by atoms with van der Waals surface area (Å²) in [6, 6.07) is -0.639. The molecule has 2 heterocycles. The van der Waals surface area contributed by atoms with Crippen molar-refractivity contribution >= 4 is 11.9 Å². The molecule has 3 unspecified atom stereocenters. The Hall–Kier alpha value is -1.10. The van der Waals surface area contributed by atoms with Crippen molar-refractivity contribution in [1.29, 1.82) is 0 Å². The van der Waals surface area contributed by atoms with Crippen molar-refractivity contribution in [3.8, 4) is 0 Å². The maximum absolute atomic E-state index is 12.8. The first kappa shape index (κ1) is 15.3. The SMILES string of the molecule is CCC1CCN(C(=O)C2(C)CCCNC2)C(C(=O)O)C1. The summed E-state index contributed by atoms with van der Waals surface area (Å²) in [5, 5.41) is 12.7. The maximum atomic E-state index is 12.8. The van der Waals surface area contributed by atoms with Crippen LogP contribution in [-0.4, -0.2) is 47.6 Å². The number of hydrogen-bond donors (Lipinski definition) is 2. The highest BCUT2D eigenvalue weighted by Gasteiger charge is 2.43. The summed E-state index contributed by atoms with van der Waals surface area (Å²) in [7, 11) is 0. The Labute approximate surface area is 120 Å². The number of rotatable bonds is 3. The molecule has 2 N–H and O–H groups in total. The Bertz CT molecular complexity index is 377. The molecule has 20 heavy (non-hydrogen) atoms. The van der Waals surface area contributed by atoms with E-state index in [1.807, 2.05) is 6.92 Å². The van der Waals surface area contributed by atoms with Crippen molar-refractivity contribution in [3.05, 3.63) is 0 Å². The van der Waals surface area contributed by atoms with Crippen LogP contribution in [0.4, 0.5) is 0 Å². The zero-order valence-electron chi connectivity index (χ0n) is 12.5. The van der Waals surface area contributed by atoms with Gasteiger partial charge in [-0.25, -0.2) is 4.79 Å². The van der Waals surface area contributed by atoms with Crippen LogP contribution in [0.3, 0.4) is 0 Å². The molecule has 0 aliphatic carbocycles. The minimum Gasteiger partial charge on any atom is -0.480 e. The summed E-state index contributed by atoms with van der Waals surface area (Å²) in [6.45, 7) is 6.25. The number of carboxylic acids is 1. The fraction of sp³-hybridized carbons (Fsp3) is 0.867. The van der Waals surface area contributed by atoms with Gasteiger partial charge < -0.3 is 15.3 Å². The normalized spacial score (nSPS) is 34.8. The second kappa shape index (κ2) is 6.12. The van der Waals surface area contributed by atoms with Crippen LogP contribution in [-0.2, 0) is 9.59 Å². The van der Waals surface area contributed by atoms with Crippen molar-refractivity contribution < 1.29 is 14.7 Å². The van der Waals surface area contributed by atoms with E-state index < -0.39 is 17.4 Å². The number of aliphatic carboxylic acids is 1. The third-order valence-corrected chi connectivity index (χ3v) is 4.95. The number of nitrogens with one attached hydrogen (secondary N) is 1. The number of nitrogens with zero attached hydrogens (tertiary/aromatic N) is 1. The van der Waals surface area contributed by atoms with Gasteiger partial charge in [-0.05, 0) is 45.1 Å². The van der Waals surface area contributed by atoms with Gasteiger partial charge in [-0.2, -0.15) is 0 Å². The molecule has 1 amide bonds. The molecule has 2 rings (SSSR count). The van der Waals surface area contributed by atoms with Crippen LogP contribution in [0.15, 0.2) is 0 Å². The fourth-order valence-electron chi connectivity index (χ4n) is 3.47. The van der Waals surface area contributed by atoms with E-state index in [1.165, 1.54) is 0 Å². The molecular formula is C15H26N2O3. The standard InChI is InChI=1S/C15H26N2O3/c1-3-11-5-8-17(12(9-11)13(18)19)14(20)15(2)6-4-7-16-10-15/h11-12,16H,3-10H2,1-2H3,(H,18,19). The van der Waals surface area contributed by atoms with Gasteiger partial charge in [-0.3, -0.25) is 4.79 Å². The smallest absolute Gasteiger partial charge is 0.326 e. The molecular weight excluding hydrogens is 256 g/mol. The number of carbonyl (C=O) groups is 2. The molecule has 0 aromatic rings. The summed E-state index contributed by atoms with van der Waals surface area (Å²) in [6.07, 6.45) is 4.34. The zero-order valence-corrected chi connectivity index (χ0v) is 12.5. The van der Waals surface area contributed by atoms with Gasteiger partial charge in [0.15, 0.2) is 0 Å². The molecule has 2 aliphatic rings. The van der Waals surface area contributed by atoms with Crippen LogP contribution in [0.25, 0.3) is 0 Å². The van der Waals surface area contributed by atoms with Gasteiger partial charge >= 0.3 is 5.97 Å². The number of hydrogen-bond acceptors (Lipinski definition) is 3. The molecule has 0 bridgehead atoms. The Morgan fingerprint density at radius 1 is 1.45 bits per heavy atom. The molecule has 2 fully saturated rings. The minimum absolute atomic E-state index is 0.0200. The largest absolute Gasteiger partial charge is 0.480 e. The Kier molecular flexibility index (Phi) is 4.68. The van der Waals surface area contributed by atoms with Crippen molar-refractivity contribution in [2.45, 2.75) is 52.0 Å². The van der Waals surface area contributed by atoms with E-state index in [0.717, 1.165) is 32.2 Å². The molecule has 2 aliphatic heterocycles. The number of carboxylic acid groups (broad SMARTS) is 1. The second-order valence-electron chi connectivity index (χ2n) is 6.49. The van der Waals surface area contributed by atoms with Gasteiger partial charge in [0.25, 0.3) is 0 Å². The lowest BCUT2D eigenvalue weighted by molar-refractivity contribution is -0.158. The highest BCUT2D eigenvalue weighted by Crippen LogP contribution is 2.33. The highest BCUT2D eigenvalue weighted by molar-refractivity contribution is 5.87. The van der Waals surface area contributed by atoms with Crippen LogP contribution in [0.2, 0.25) is 0 Å². The fourth-order valence-corrected chi connectivity index (χ4v) is 3.47. The Balaban J connectivity index is 2.12. The van der Waals surface area contributed by atoms with Gasteiger partial charge in [-0.15, -0.1) is 0 Å². The van der Waals surface area contributed by atoms with Crippen LogP contribution in [0.5, 0.6) is 0 Å². The highest BCUT2D eigenvalue weighted by atomic mass is 16.4. The summed E-state index contributed by atoms with van der Waals surface area (Å²) in [5.41, 5.74) is -0.439. The van der Waals surface area contributed by atoms with Crippen LogP contribution >= 0.6 is 0 Å². The minimum atomic E-state index is -0.858. The predicted octanol–water partition coefficient (Wildman–Crippen LogP) is 1.48. The van der Waals surface area contributed by atoms with Crippen molar-refractivity contribution in [2.24, 2.45) is 11.3 Å². The van der Waals surface area contributed by atoms with Crippen LogP contribution in [0.1, 0.15) is 46.0 Å². The Morgan fingerprint density at radius 2 is 2.20 bits per heavy atom. The number of piperidine rings is 2. The lowest BCUT2D eigenvalue weighted by Crippen LogP contribution is -2.57. The van der Waals surface area contributed by atoms with E-state index >= 15 is 0 Å². The monoisotopic (exact) mass is 282 g/mol. The van der Waals surface area contributed by atoms with E-state index in [9.17, 15) is 14.7 Å². The molecule has 5 heteroatoms. The van der Waals surface area contributed by atoms with Gasteiger partial charge in [0.2, 0.25) is 5.91 Å². The molecule has 5 nitrogen and oxygen atoms in total. The number of amides is 1. The average molecular weight is 282 g/mol. The van der Waals surface area contributed by atoms with Crippen molar-refractivity contribution in [2.75, 3.05) is 19.6 Å². The van der Waals surface area contributed by atoms with Crippen LogP contribution < -0.4 is 5.32 Å². The molecule has 0 aromatic carbocycles. The maximum Gasteiger partial charge on any atom is 0.326 e. The van der Waals surface area contributed by atoms with Gasteiger partial charge in [0.05, 0.1) is 5.41 Å². The summed E-state index contributed by atoms with van der Waals surface area (Å²) in [4.78, 5) is 25.9. The first-order chi connectivity index (χ1) is 9.48. The number of carbonyl (C=O) groups excluding carboxylic acids is 1. The molecule has 2 saturated heterocycles. The number of likely N-dealkylation sites (tertiary alicyclic amines) is 1. The van der Waals surface area contributed by atoms with Crippen molar-refractivity contribution in [3.63, 3.8) is 0 Å². The zero-order chi connectivity index (χ0) is 14.8. The van der Waals surface area contributed by atoms with E-state index in [-0.39, 0.29) is 5.91 Å². The lowest BCUT2D eigenvalue weighted by atomic mass is 9.79. The van der Waals surface area contributed by atoms with Gasteiger partial charge in [0.1, 0.15) is 6.04 Å². The molecule has 3 atom stereocenters. The van der Waals surface area contributed by atoms with Crippen molar-refractivity contribution in [1.82, 2.24) is 10.2 Å². The first-order valence-electron chi connectivity index (χ1n) is 7.72. The molecule has 0 saturated carbocycles. The quantitative estimate of drug-likeness (QED) is 0.822. The molecule has 0 radical (unpaired) electrons. The van der Waals surface area contributed by atoms with E-state index in [2.05, 4.69) is 12.2 Å². The average Bonchev–Trinajstić information content (AvgIpc) is 2.46. The second-order valence-corrected chi connectivity index (χ2v) is 6.49. The topological polar surface area (TPSA) is 69.6 Å². The summed E-state index contributed by atoms with van der Waals surface area (Å²) < 4.78 is 0. The van der Waals surface area contributed by atoms with Crippen LogP contribution in [0, 0.1) is 11.3 Å². The summed E-state index contributed by atoms with van der Waals surface area (Å²) in [5.74, 6) is -0.409. The third-order valence-electron chi connectivity index (χ3n) is 4.95. The molecule has 0 spiro atoms. The third kappa shape index (κ3) is 2.97. The van der Waals surface area contributed by atoms with Gasteiger partial charge in [-0.1, -0.05) is 13.3 Å². The molecule has 0 aromatic heterocycles. The van der Waals surface area contributed by atoms with Gasteiger partial charge in [0, 0.05) is 13.1 Å². The lowest BCUT2D eigenvalue weighted by Gasteiger charge is -2.43. The molecule has 114 valence electrons. The summed E-state index contributed by atoms with van der Waals surface area (Å²) >= 11 is 0.